The molecule has 0 amide bonds. The summed E-state index contributed by atoms with van der Waals surface area (Å²) in [6, 6.07) is 18.0. The summed E-state index contributed by atoms with van der Waals surface area (Å²) >= 11 is 0. The van der Waals surface area contributed by atoms with E-state index in [9.17, 15) is 0 Å². The van der Waals surface area contributed by atoms with Gasteiger partial charge in [0.05, 0.1) is 17.6 Å². The molecule has 0 saturated heterocycles. The highest BCUT2D eigenvalue weighted by molar-refractivity contribution is 5.72. The summed E-state index contributed by atoms with van der Waals surface area (Å²) in [7, 11) is 0. The number of benzene rings is 2. The fourth-order valence-electron chi connectivity index (χ4n) is 2.44. The topological polar surface area (TPSA) is 35.0 Å². The molecule has 0 atom stereocenters. The first-order valence-electron chi connectivity index (χ1n) is 6.55. The zero-order valence-corrected chi connectivity index (χ0v) is 10.8. The Balaban J connectivity index is 1.85. The first-order chi connectivity index (χ1) is 9.92. The van der Waals surface area contributed by atoms with Gasteiger partial charge in [0.2, 0.25) is 0 Å². The van der Waals surface area contributed by atoms with E-state index in [1.54, 1.807) is 0 Å². The van der Waals surface area contributed by atoms with Crippen molar-refractivity contribution in [1.82, 2.24) is 9.97 Å². The van der Waals surface area contributed by atoms with Crippen molar-refractivity contribution in [2.45, 2.75) is 6.61 Å². The molecule has 0 saturated carbocycles. The minimum absolute atomic E-state index is 0.472. The van der Waals surface area contributed by atoms with Gasteiger partial charge in [-0.25, -0.2) is 4.98 Å². The maximum absolute atomic E-state index is 5.74. The fraction of sp³-hybridized carbons (Fsp3) is 0.0588. The molecule has 1 aliphatic heterocycles. The summed E-state index contributed by atoms with van der Waals surface area (Å²) in [4.78, 5) is 9.29. The second-order valence-electron chi connectivity index (χ2n) is 4.70. The number of fused-ring (bicyclic) bond motifs is 3. The Kier molecular flexibility index (Phi) is 2.49. The summed E-state index contributed by atoms with van der Waals surface area (Å²) in [5.74, 6) is 0.877. The molecule has 2 heterocycles. The van der Waals surface area contributed by atoms with Crippen LogP contribution in [0.25, 0.3) is 22.5 Å². The highest BCUT2D eigenvalue weighted by Crippen LogP contribution is 2.35. The van der Waals surface area contributed by atoms with E-state index < -0.39 is 0 Å². The molecule has 3 nitrogen and oxygen atoms in total. The lowest BCUT2D eigenvalue weighted by molar-refractivity contribution is 0.296. The monoisotopic (exact) mass is 260 g/mol. The molecule has 96 valence electrons. The molecule has 4 rings (SSSR count). The first-order valence-corrected chi connectivity index (χ1v) is 6.55. The molecular weight excluding hydrogens is 248 g/mol. The Morgan fingerprint density at radius 2 is 1.70 bits per heavy atom. The van der Waals surface area contributed by atoms with Gasteiger partial charge in [-0.3, -0.25) is 4.98 Å². The van der Waals surface area contributed by atoms with Crippen LogP contribution in [0.1, 0.15) is 5.69 Å². The standard InChI is InChI=1S/C17H12N2O/c1-2-6-12(7-3-1)14-10-18-17-13-8-4-5-9-16(13)20-11-15(17)19-14/h1-10H,11H2. The third kappa shape index (κ3) is 1.75. The van der Waals surface area contributed by atoms with E-state index in [-0.39, 0.29) is 0 Å². The van der Waals surface area contributed by atoms with Gasteiger partial charge in [0.25, 0.3) is 0 Å². The Hall–Kier alpha value is -2.68. The van der Waals surface area contributed by atoms with Crippen molar-refractivity contribution in [2.24, 2.45) is 0 Å². The highest BCUT2D eigenvalue weighted by atomic mass is 16.5. The van der Waals surface area contributed by atoms with Crippen LogP contribution in [0.5, 0.6) is 5.75 Å². The second-order valence-corrected chi connectivity index (χ2v) is 4.70. The molecule has 20 heavy (non-hydrogen) atoms. The lowest BCUT2D eigenvalue weighted by atomic mass is 10.1. The van der Waals surface area contributed by atoms with Crippen molar-refractivity contribution in [3.05, 3.63) is 66.5 Å². The maximum Gasteiger partial charge on any atom is 0.132 e. The number of aromatic nitrogens is 2. The van der Waals surface area contributed by atoms with E-state index in [2.05, 4.69) is 4.98 Å². The van der Waals surface area contributed by atoms with Gasteiger partial charge in [0, 0.05) is 11.1 Å². The molecular formula is C17H12N2O. The molecule has 1 aromatic heterocycles. The summed E-state index contributed by atoms with van der Waals surface area (Å²) < 4.78 is 5.74. The zero-order valence-electron chi connectivity index (χ0n) is 10.8. The predicted molar refractivity (Wildman–Crippen MR) is 77.2 cm³/mol. The third-order valence-electron chi connectivity index (χ3n) is 3.42. The Bertz CT molecular complexity index is 769. The largest absolute Gasteiger partial charge is 0.487 e. The molecule has 0 bridgehead atoms. The average Bonchev–Trinajstić information content (AvgIpc) is 2.55. The normalized spacial score (nSPS) is 12.2. The number of hydrogen-bond donors (Lipinski definition) is 0. The van der Waals surface area contributed by atoms with Crippen LogP contribution >= 0.6 is 0 Å². The molecule has 0 aliphatic carbocycles. The third-order valence-corrected chi connectivity index (χ3v) is 3.42. The molecule has 0 spiro atoms. The molecule has 2 aromatic carbocycles. The molecule has 1 aliphatic rings. The Labute approximate surface area is 116 Å². The van der Waals surface area contributed by atoms with Crippen molar-refractivity contribution in [1.29, 1.82) is 0 Å². The van der Waals surface area contributed by atoms with Gasteiger partial charge in [-0.2, -0.15) is 0 Å². The van der Waals surface area contributed by atoms with E-state index in [1.807, 2.05) is 60.8 Å². The summed E-state index contributed by atoms with van der Waals surface area (Å²) in [5, 5.41) is 0. The van der Waals surface area contributed by atoms with E-state index in [0.717, 1.165) is 34.0 Å². The molecule has 0 fully saturated rings. The van der Waals surface area contributed by atoms with Crippen LogP contribution in [0.3, 0.4) is 0 Å². The SMILES string of the molecule is c1ccc(-c2cnc3c(n2)COc2ccccc2-3)cc1. The van der Waals surface area contributed by atoms with Crippen LogP contribution in [0.4, 0.5) is 0 Å². The Morgan fingerprint density at radius 1 is 0.900 bits per heavy atom. The van der Waals surface area contributed by atoms with E-state index in [0.29, 0.717) is 6.61 Å². The van der Waals surface area contributed by atoms with Crippen molar-refractivity contribution in [3.8, 4) is 28.3 Å². The van der Waals surface area contributed by atoms with Crippen LogP contribution < -0.4 is 4.74 Å². The van der Waals surface area contributed by atoms with Gasteiger partial charge in [-0.15, -0.1) is 0 Å². The van der Waals surface area contributed by atoms with Crippen molar-refractivity contribution in [3.63, 3.8) is 0 Å². The number of hydrogen-bond acceptors (Lipinski definition) is 3. The molecule has 0 N–H and O–H groups in total. The van der Waals surface area contributed by atoms with E-state index in [1.165, 1.54) is 0 Å². The van der Waals surface area contributed by atoms with Gasteiger partial charge >= 0.3 is 0 Å². The molecule has 3 heteroatoms. The lowest BCUT2D eigenvalue weighted by Gasteiger charge is -2.19. The zero-order chi connectivity index (χ0) is 13.4. The van der Waals surface area contributed by atoms with Crippen molar-refractivity contribution in [2.75, 3.05) is 0 Å². The fourth-order valence-corrected chi connectivity index (χ4v) is 2.44. The maximum atomic E-state index is 5.74. The minimum Gasteiger partial charge on any atom is -0.487 e. The van der Waals surface area contributed by atoms with Gasteiger partial charge in [0.15, 0.2) is 0 Å². The lowest BCUT2D eigenvalue weighted by Crippen LogP contribution is -2.09. The van der Waals surface area contributed by atoms with Gasteiger partial charge < -0.3 is 4.74 Å². The molecule has 0 unspecified atom stereocenters. The number of ether oxygens (including phenoxy) is 1. The number of nitrogens with zero attached hydrogens (tertiary/aromatic N) is 2. The van der Waals surface area contributed by atoms with Gasteiger partial charge in [-0.05, 0) is 12.1 Å². The van der Waals surface area contributed by atoms with Gasteiger partial charge in [-0.1, -0.05) is 42.5 Å². The van der Waals surface area contributed by atoms with Crippen molar-refractivity contribution >= 4 is 0 Å². The number of para-hydroxylation sites is 1. The Morgan fingerprint density at radius 3 is 2.60 bits per heavy atom. The van der Waals surface area contributed by atoms with Crippen LogP contribution in [0.15, 0.2) is 60.8 Å². The van der Waals surface area contributed by atoms with E-state index in [4.69, 9.17) is 9.72 Å². The van der Waals surface area contributed by atoms with Crippen molar-refractivity contribution < 1.29 is 4.74 Å². The number of rotatable bonds is 1. The van der Waals surface area contributed by atoms with Crippen LogP contribution in [-0.4, -0.2) is 9.97 Å². The van der Waals surface area contributed by atoms with Crippen LogP contribution in [0.2, 0.25) is 0 Å². The van der Waals surface area contributed by atoms with Crippen LogP contribution in [-0.2, 0) is 6.61 Å². The van der Waals surface area contributed by atoms with E-state index >= 15 is 0 Å². The molecule has 3 aromatic rings. The molecule has 0 radical (unpaired) electrons. The highest BCUT2D eigenvalue weighted by Gasteiger charge is 2.19. The summed E-state index contributed by atoms with van der Waals surface area (Å²) in [5.41, 5.74) is 4.78. The smallest absolute Gasteiger partial charge is 0.132 e. The quantitative estimate of drug-likeness (QED) is 0.669. The van der Waals surface area contributed by atoms with Crippen LogP contribution in [0, 0.1) is 0 Å². The first kappa shape index (κ1) is 11.2. The predicted octanol–water partition coefficient (Wildman–Crippen LogP) is 3.70. The summed E-state index contributed by atoms with van der Waals surface area (Å²) in [6.45, 7) is 0.472. The second kappa shape index (κ2) is 4.46. The minimum atomic E-state index is 0.472. The van der Waals surface area contributed by atoms with Gasteiger partial charge in [0.1, 0.15) is 18.1 Å². The average molecular weight is 260 g/mol. The summed E-state index contributed by atoms with van der Waals surface area (Å²) in [6.07, 6.45) is 1.83.